The first-order chi connectivity index (χ1) is 4.41. The van der Waals surface area contributed by atoms with Gasteiger partial charge in [-0.25, -0.2) is 0 Å². The zero-order chi connectivity index (χ0) is 6.95. The first-order valence-corrected chi connectivity index (χ1v) is 2.87. The van der Waals surface area contributed by atoms with Crippen molar-refractivity contribution < 1.29 is 5.11 Å². The molecule has 0 aliphatic rings. The summed E-state index contributed by atoms with van der Waals surface area (Å²) in [6.07, 6.45) is 3.50. The first-order valence-electron chi connectivity index (χ1n) is 2.87. The molecule has 1 rings (SSSR count). The molecule has 0 saturated carbocycles. The van der Waals surface area contributed by atoms with Gasteiger partial charge in [-0.15, -0.1) is 12.4 Å². The average Bonchev–Trinajstić information content (AvgIpc) is 1.93. The fourth-order valence-electron chi connectivity index (χ4n) is 0.313. The Labute approximate surface area is 67.3 Å². The van der Waals surface area contributed by atoms with Crippen molar-refractivity contribution in [3.8, 4) is 0 Å². The maximum absolute atomic E-state index is 7.57. The van der Waals surface area contributed by atoms with Crippen LogP contribution in [0.5, 0.6) is 0 Å². The van der Waals surface area contributed by atoms with Crippen molar-refractivity contribution in [3.05, 3.63) is 30.6 Å². The van der Waals surface area contributed by atoms with E-state index in [1.54, 1.807) is 19.3 Å². The van der Waals surface area contributed by atoms with Gasteiger partial charge in [0.15, 0.2) is 0 Å². The molecule has 1 N–H and O–H groups in total. The van der Waals surface area contributed by atoms with Crippen molar-refractivity contribution >= 4 is 12.4 Å². The summed E-state index contributed by atoms with van der Waals surface area (Å²) in [5, 5.41) is 7.57. The van der Waals surface area contributed by atoms with E-state index in [4.69, 9.17) is 5.11 Å². The van der Waals surface area contributed by atoms with Gasteiger partial charge < -0.3 is 5.11 Å². The molecule has 0 aliphatic heterocycles. The van der Waals surface area contributed by atoms with E-state index in [0.29, 0.717) is 0 Å². The second-order valence-electron chi connectivity index (χ2n) is 1.34. The van der Waals surface area contributed by atoms with Gasteiger partial charge in [-0.05, 0) is 19.1 Å². The fourth-order valence-corrected chi connectivity index (χ4v) is 0.313. The number of nitrogens with zero attached hydrogens (tertiary/aromatic N) is 1. The molecule has 0 aliphatic carbocycles. The van der Waals surface area contributed by atoms with Crippen LogP contribution in [0, 0.1) is 0 Å². The number of rotatable bonds is 0. The van der Waals surface area contributed by atoms with Crippen molar-refractivity contribution in [1.82, 2.24) is 4.98 Å². The molecule has 0 atom stereocenters. The Morgan fingerprint density at radius 3 is 1.70 bits per heavy atom. The molecular formula is C7H12ClNO. The fraction of sp³-hybridized carbons (Fsp3) is 0.286. The van der Waals surface area contributed by atoms with Crippen LogP contribution in [0.2, 0.25) is 0 Å². The molecule has 0 spiro atoms. The number of pyridine rings is 1. The smallest absolute Gasteiger partial charge is 0.0402 e. The molecular weight excluding hydrogens is 150 g/mol. The van der Waals surface area contributed by atoms with E-state index in [9.17, 15) is 0 Å². The molecule has 58 valence electrons. The second kappa shape index (κ2) is 11.2. The first kappa shape index (κ1) is 12.1. The Kier molecular flexibility index (Phi) is 13.6. The summed E-state index contributed by atoms with van der Waals surface area (Å²) in [4.78, 5) is 3.78. The third-order valence-electron chi connectivity index (χ3n) is 0.566. The maximum atomic E-state index is 7.57. The number of hydrogen-bond donors (Lipinski definition) is 1. The van der Waals surface area contributed by atoms with E-state index < -0.39 is 0 Å². The van der Waals surface area contributed by atoms with Gasteiger partial charge in [0.1, 0.15) is 0 Å². The summed E-state index contributed by atoms with van der Waals surface area (Å²) >= 11 is 0. The molecule has 0 unspecified atom stereocenters. The van der Waals surface area contributed by atoms with Gasteiger partial charge >= 0.3 is 0 Å². The Bertz CT molecular complexity index is 96.5. The van der Waals surface area contributed by atoms with Crippen LogP contribution in [0.1, 0.15) is 6.92 Å². The van der Waals surface area contributed by atoms with Crippen LogP contribution in [0.4, 0.5) is 0 Å². The summed E-state index contributed by atoms with van der Waals surface area (Å²) in [6.45, 7) is 1.93. The minimum absolute atomic E-state index is 0. The third kappa shape index (κ3) is 10.4. The van der Waals surface area contributed by atoms with Gasteiger partial charge in [-0.1, -0.05) is 6.07 Å². The normalized spacial score (nSPS) is 6.60. The Hall–Kier alpha value is -0.600. The van der Waals surface area contributed by atoms with Gasteiger partial charge in [0.25, 0.3) is 0 Å². The molecule has 0 radical (unpaired) electrons. The molecule has 0 saturated heterocycles. The van der Waals surface area contributed by atoms with Crippen LogP contribution in [-0.4, -0.2) is 16.7 Å². The average molecular weight is 162 g/mol. The van der Waals surface area contributed by atoms with Gasteiger partial charge in [0.2, 0.25) is 0 Å². The van der Waals surface area contributed by atoms with E-state index in [1.807, 2.05) is 18.2 Å². The SMILES string of the molecule is CCO.Cl.c1ccncc1. The lowest BCUT2D eigenvalue weighted by Gasteiger charge is -1.70. The van der Waals surface area contributed by atoms with E-state index in [2.05, 4.69) is 4.98 Å². The van der Waals surface area contributed by atoms with Gasteiger partial charge in [0, 0.05) is 19.0 Å². The van der Waals surface area contributed by atoms with E-state index in [1.165, 1.54) is 0 Å². The topological polar surface area (TPSA) is 33.1 Å². The lowest BCUT2D eigenvalue weighted by molar-refractivity contribution is 0.318. The second-order valence-corrected chi connectivity index (χ2v) is 1.34. The van der Waals surface area contributed by atoms with Crippen LogP contribution in [0.3, 0.4) is 0 Å². The number of aromatic nitrogens is 1. The summed E-state index contributed by atoms with van der Waals surface area (Å²) in [5.74, 6) is 0. The highest BCUT2D eigenvalue weighted by molar-refractivity contribution is 5.85. The minimum Gasteiger partial charge on any atom is -0.397 e. The third-order valence-corrected chi connectivity index (χ3v) is 0.566. The molecule has 2 nitrogen and oxygen atoms in total. The summed E-state index contributed by atoms with van der Waals surface area (Å²) in [7, 11) is 0. The van der Waals surface area contributed by atoms with Crippen molar-refractivity contribution in [1.29, 1.82) is 0 Å². The Balaban J connectivity index is 0. The zero-order valence-corrected chi connectivity index (χ0v) is 6.71. The Morgan fingerprint density at radius 1 is 1.20 bits per heavy atom. The minimum atomic E-state index is 0. The highest BCUT2D eigenvalue weighted by Gasteiger charge is 1.58. The lowest BCUT2D eigenvalue weighted by atomic mass is 10.5. The number of halogens is 1. The molecule has 0 aromatic carbocycles. The number of aliphatic hydroxyl groups is 1. The molecule has 0 bridgehead atoms. The summed E-state index contributed by atoms with van der Waals surface area (Å²) in [6, 6.07) is 5.72. The van der Waals surface area contributed by atoms with E-state index >= 15 is 0 Å². The molecule has 1 aromatic heterocycles. The largest absolute Gasteiger partial charge is 0.397 e. The molecule has 3 heteroatoms. The molecule has 0 amide bonds. The van der Waals surface area contributed by atoms with E-state index in [0.717, 1.165) is 0 Å². The molecule has 1 heterocycles. The zero-order valence-electron chi connectivity index (χ0n) is 5.90. The standard InChI is InChI=1S/C5H5N.C2H6O.ClH/c1-2-4-6-5-3-1;1-2-3;/h1-5H;3H,2H2,1H3;1H. The van der Waals surface area contributed by atoms with Crippen LogP contribution in [0.15, 0.2) is 30.6 Å². The van der Waals surface area contributed by atoms with Crippen LogP contribution in [0.25, 0.3) is 0 Å². The van der Waals surface area contributed by atoms with Gasteiger partial charge in [0.05, 0.1) is 0 Å². The Morgan fingerprint density at radius 2 is 1.60 bits per heavy atom. The van der Waals surface area contributed by atoms with Crippen molar-refractivity contribution in [2.24, 2.45) is 0 Å². The van der Waals surface area contributed by atoms with Crippen LogP contribution >= 0.6 is 12.4 Å². The number of aliphatic hydroxyl groups excluding tert-OH is 1. The molecule has 1 aromatic rings. The predicted octanol–water partition coefficient (Wildman–Crippen LogP) is 1.50. The maximum Gasteiger partial charge on any atom is 0.0402 e. The predicted molar refractivity (Wildman–Crippen MR) is 44.2 cm³/mol. The highest BCUT2D eigenvalue weighted by Crippen LogP contribution is 1.73. The van der Waals surface area contributed by atoms with Crippen LogP contribution in [-0.2, 0) is 0 Å². The number of hydrogen-bond acceptors (Lipinski definition) is 2. The summed E-state index contributed by atoms with van der Waals surface area (Å²) in [5.41, 5.74) is 0. The van der Waals surface area contributed by atoms with E-state index in [-0.39, 0.29) is 19.0 Å². The van der Waals surface area contributed by atoms with Gasteiger partial charge in [-0.3, -0.25) is 4.98 Å². The van der Waals surface area contributed by atoms with Crippen molar-refractivity contribution in [2.45, 2.75) is 6.92 Å². The monoisotopic (exact) mass is 161 g/mol. The molecule has 0 fully saturated rings. The summed E-state index contributed by atoms with van der Waals surface area (Å²) < 4.78 is 0. The van der Waals surface area contributed by atoms with Crippen LogP contribution < -0.4 is 0 Å². The molecule has 10 heavy (non-hydrogen) atoms. The van der Waals surface area contributed by atoms with Gasteiger partial charge in [-0.2, -0.15) is 0 Å². The quantitative estimate of drug-likeness (QED) is 0.626. The highest BCUT2D eigenvalue weighted by atomic mass is 35.5. The van der Waals surface area contributed by atoms with Crippen molar-refractivity contribution in [3.63, 3.8) is 0 Å². The van der Waals surface area contributed by atoms with Crippen molar-refractivity contribution in [2.75, 3.05) is 6.61 Å². The lowest BCUT2D eigenvalue weighted by Crippen LogP contribution is -1.58.